The van der Waals surface area contributed by atoms with E-state index in [1.165, 1.54) is 32.1 Å². The molecule has 1 saturated carbocycles. The maximum atomic E-state index is 10.9. The first kappa shape index (κ1) is 22.4. The minimum Gasteiger partial charge on any atom is -0.378 e. The second kappa shape index (κ2) is 9.89. The zero-order chi connectivity index (χ0) is 18.5. The Kier molecular flexibility index (Phi) is 9.22. The zero-order valence-electron chi connectivity index (χ0n) is 17.4. The van der Waals surface area contributed by atoms with Gasteiger partial charge in [-0.25, -0.2) is 0 Å². The van der Waals surface area contributed by atoms with E-state index < -0.39 is 0 Å². The fourth-order valence-electron chi connectivity index (χ4n) is 3.86. The SMILES string of the molecule is CC1CCC([C@H](P)CCN(CC(C)(C)C)C(O)[C@H](C)C(C)C)CC1. The second-order valence-electron chi connectivity index (χ2n) is 10.0. The van der Waals surface area contributed by atoms with Gasteiger partial charge in [0.25, 0.3) is 0 Å². The standard InChI is InChI=1S/C21H44NOP/c1-15(2)17(4)20(23)22(14-21(5,6)7)13-12-19(24)18-10-8-16(3)9-11-18/h15-20,23H,8-14,24H2,1-7H3/t16?,17-,18?,19-,20?/m1/s1. The van der Waals surface area contributed by atoms with E-state index in [-0.39, 0.29) is 11.6 Å². The maximum Gasteiger partial charge on any atom is 0.110 e. The highest BCUT2D eigenvalue weighted by Crippen LogP contribution is 2.35. The third-order valence-corrected chi connectivity index (χ3v) is 6.87. The molecule has 2 unspecified atom stereocenters. The molecule has 0 aliphatic heterocycles. The van der Waals surface area contributed by atoms with Crippen LogP contribution in [0.1, 0.15) is 80.6 Å². The number of aliphatic hydroxyl groups is 1. The molecule has 3 heteroatoms. The Labute approximate surface area is 154 Å². The number of rotatable bonds is 8. The van der Waals surface area contributed by atoms with Gasteiger partial charge in [-0.2, -0.15) is 0 Å². The van der Waals surface area contributed by atoms with Gasteiger partial charge in [0.1, 0.15) is 6.23 Å². The molecule has 0 saturated heterocycles. The molecule has 144 valence electrons. The number of hydrogen-bond acceptors (Lipinski definition) is 2. The van der Waals surface area contributed by atoms with Crippen molar-refractivity contribution in [2.75, 3.05) is 13.1 Å². The second-order valence-corrected chi connectivity index (χ2v) is 10.9. The first-order valence-electron chi connectivity index (χ1n) is 10.2. The van der Waals surface area contributed by atoms with Gasteiger partial charge < -0.3 is 5.11 Å². The zero-order valence-corrected chi connectivity index (χ0v) is 18.5. The summed E-state index contributed by atoms with van der Waals surface area (Å²) in [6.45, 7) is 17.8. The van der Waals surface area contributed by atoms with E-state index in [9.17, 15) is 5.11 Å². The minimum atomic E-state index is -0.326. The van der Waals surface area contributed by atoms with E-state index >= 15 is 0 Å². The van der Waals surface area contributed by atoms with Crippen LogP contribution in [-0.4, -0.2) is 35.0 Å². The molecule has 0 radical (unpaired) electrons. The fraction of sp³-hybridized carbons (Fsp3) is 1.00. The van der Waals surface area contributed by atoms with Crippen molar-refractivity contribution in [1.29, 1.82) is 0 Å². The first-order valence-corrected chi connectivity index (χ1v) is 10.9. The molecule has 1 aliphatic rings. The van der Waals surface area contributed by atoms with E-state index in [2.05, 4.69) is 62.6 Å². The Morgan fingerprint density at radius 1 is 1.08 bits per heavy atom. The van der Waals surface area contributed by atoms with E-state index in [0.717, 1.165) is 24.9 Å². The van der Waals surface area contributed by atoms with Crippen molar-refractivity contribution in [2.45, 2.75) is 92.5 Å². The largest absolute Gasteiger partial charge is 0.378 e. The summed E-state index contributed by atoms with van der Waals surface area (Å²) in [6, 6.07) is 0. The van der Waals surface area contributed by atoms with Crippen LogP contribution in [0.4, 0.5) is 0 Å². The monoisotopic (exact) mass is 357 g/mol. The lowest BCUT2D eigenvalue weighted by molar-refractivity contribution is -0.0623. The lowest BCUT2D eigenvalue weighted by Gasteiger charge is -2.39. The van der Waals surface area contributed by atoms with Crippen LogP contribution in [-0.2, 0) is 0 Å². The van der Waals surface area contributed by atoms with Crippen molar-refractivity contribution in [3.05, 3.63) is 0 Å². The van der Waals surface area contributed by atoms with Crippen molar-refractivity contribution in [3.8, 4) is 0 Å². The fourth-order valence-corrected chi connectivity index (χ4v) is 4.39. The summed E-state index contributed by atoms with van der Waals surface area (Å²) in [7, 11) is 3.12. The summed E-state index contributed by atoms with van der Waals surface area (Å²) in [5.74, 6) is 2.60. The van der Waals surface area contributed by atoms with E-state index in [1.807, 2.05) is 0 Å². The Balaban J connectivity index is 2.60. The Morgan fingerprint density at radius 2 is 1.62 bits per heavy atom. The van der Waals surface area contributed by atoms with Crippen LogP contribution in [0, 0.1) is 29.1 Å². The molecule has 0 aromatic rings. The topological polar surface area (TPSA) is 23.5 Å². The summed E-state index contributed by atoms with van der Waals surface area (Å²) in [6.07, 6.45) is 6.43. The van der Waals surface area contributed by atoms with E-state index in [1.54, 1.807) is 0 Å². The number of hydrogen-bond donors (Lipinski definition) is 1. The maximum absolute atomic E-state index is 10.9. The van der Waals surface area contributed by atoms with Crippen LogP contribution in [0.2, 0.25) is 0 Å². The summed E-state index contributed by atoms with van der Waals surface area (Å²) >= 11 is 0. The summed E-state index contributed by atoms with van der Waals surface area (Å²) in [4.78, 5) is 2.34. The molecule has 0 bridgehead atoms. The number of aliphatic hydroxyl groups excluding tert-OH is 1. The molecule has 0 spiro atoms. The highest BCUT2D eigenvalue weighted by atomic mass is 31.0. The average Bonchev–Trinajstić information content (AvgIpc) is 2.49. The molecule has 0 aromatic heterocycles. The van der Waals surface area contributed by atoms with Gasteiger partial charge in [-0.1, -0.05) is 61.3 Å². The molecule has 1 fully saturated rings. The molecular weight excluding hydrogens is 313 g/mol. The Morgan fingerprint density at radius 3 is 2.08 bits per heavy atom. The quantitative estimate of drug-likeness (QED) is 0.464. The van der Waals surface area contributed by atoms with E-state index in [0.29, 0.717) is 17.5 Å². The first-order chi connectivity index (χ1) is 11.0. The molecule has 0 amide bonds. The van der Waals surface area contributed by atoms with E-state index in [4.69, 9.17) is 0 Å². The Bertz CT molecular complexity index is 344. The van der Waals surface area contributed by atoms with Gasteiger partial charge in [0, 0.05) is 13.1 Å². The molecule has 1 rings (SSSR count). The van der Waals surface area contributed by atoms with Crippen molar-refractivity contribution in [1.82, 2.24) is 4.90 Å². The highest BCUT2D eigenvalue weighted by molar-refractivity contribution is 7.17. The summed E-state index contributed by atoms with van der Waals surface area (Å²) in [5, 5.41) is 10.9. The Hall–Kier alpha value is 0.350. The molecule has 24 heavy (non-hydrogen) atoms. The lowest BCUT2D eigenvalue weighted by atomic mass is 9.80. The smallest absolute Gasteiger partial charge is 0.110 e. The van der Waals surface area contributed by atoms with Crippen LogP contribution in [0.5, 0.6) is 0 Å². The van der Waals surface area contributed by atoms with Crippen molar-refractivity contribution in [2.24, 2.45) is 29.1 Å². The predicted octanol–water partition coefficient (Wildman–Crippen LogP) is 5.41. The van der Waals surface area contributed by atoms with Crippen LogP contribution in [0.3, 0.4) is 0 Å². The highest BCUT2D eigenvalue weighted by Gasteiger charge is 2.29. The molecule has 0 heterocycles. The van der Waals surface area contributed by atoms with Gasteiger partial charge in [0.2, 0.25) is 0 Å². The number of nitrogens with zero attached hydrogens (tertiary/aromatic N) is 1. The van der Waals surface area contributed by atoms with Gasteiger partial charge in [-0.05, 0) is 54.0 Å². The third-order valence-electron chi connectivity index (χ3n) is 5.99. The van der Waals surface area contributed by atoms with Gasteiger partial charge in [-0.15, -0.1) is 9.24 Å². The van der Waals surface area contributed by atoms with Crippen LogP contribution < -0.4 is 0 Å². The molecule has 4 atom stereocenters. The van der Waals surface area contributed by atoms with Crippen LogP contribution in [0.25, 0.3) is 0 Å². The normalized spacial score (nSPS) is 26.6. The molecule has 1 aliphatic carbocycles. The minimum absolute atomic E-state index is 0.217. The van der Waals surface area contributed by atoms with Crippen molar-refractivity contribution in [3.63, 3.8) is 0 Å². The lowest BCUT2D eigenvalue weighted by Crippen LogP contribution is -2.46. The van der Waals surface area contributed by atoms with Gasteiger partial charge in [0.05, 0.1) is 0 Å². The van der Waals surface area contributed by atoms with Crippen molar-refractivity contribution >= 4 is 9.24 Å². The molecular formula is C21H44NOP. The molecule has 0 aromatic carbocycles. The molecule has 1 N–H and O–H groups in total. The van der Waals surface area contributed by atoms with Crippen LogP contribution >= 0.6 is 9.24 Å². The average molecular weight is 358 g/mol. The van der Waals surface area contributed by atoms with Crippen LogP contribution in [0.15, 0.2) is 0 Å². The van der Waals surface area contributed by atoms with Gasteiger partial charge >= 0.3 is 0 Å². The third kappa shape index (κ3) is 7.71. The summed E-state index contributed by atoms with van der Waals surface area (Å²) in [5.41, 5.74) is 0.912. The van der Waals surface area contributed by atoms with Crippen molar-refractivity contribution < 1.29 is 5.11 Å². The summed E-state index contributed by atoms with van der Waals surface area (Å²) < 4.78 is 0. The van der Waals surface area contributed by atoms with Gasteiger partial charge in [0.15, 0.2) is 0 Å². The molecule has 2 nitrogen and oxygen atoms in total. The van der Waals surface area contributed by atoms with Gasteiger partial charge in [-0.3, -0.25) is 4.90 Å². The predicted molar refractivity (Wildman–Crippen MR) is 110 cm³/mol.